The lowest BCUT2D eigenvalue weighted by atomic mass is 9.96. The number of carbonyl (C=O) groups excluding carboxylic acids is 1. The van der Waals surface area contributed by atoms with Gasteiger partial charge in [0.05, 0.1) is 22.0 Å². The third-order valence-corrected chi connectivity index (χ3v) is 7.32. The molecule has 0 aliphatic carbocycles. The summed E-state index contributed by atoms with van der Waals surface area (Å²) >= 11 is 1.37. The zero-order valence-electron chi connectivity index (χ0n) is 16.1. The van der Waals surface area contributed by atoms with Crippen LogP contribution in [0.3, 0.4) is 0 Å². The minimum absolute atomic E-state index is 0.147. The molecular weight excluding hydrogens is 404 g/mol. The number of ketones is 1. The summed E-state index contributed by atoms with van der Waals surface area (Å²) in [7, 11) is -3.36. The molecule has 1 aliphatic rings. The molecular formula is C22H22N2O3S2. The van der Waals surface area contributed by atoms with E-state index < -0.39 is 9.84 Å². The maximum Gasteiger partial charge on any atom is 0.204 e. The molecule has 1 aromatic heterocycles. The van der Waals surface area contributed by atoms with E-state index in [1.807, 2.05) is 18.2 Å². The number of benzene rings is 2. The van der Waals surface area contributed by atoms with Crippen molar-refractivity contribution in [2.45, 2.75) is 30.2 Å². The van der Waals surface area contributed by atoms with Crippen LogP contribution < -0.4 is 4.90 Å². The number of thiazole rings is 1. The molecule has 0 amide bonds. The van der Waals surface area contributed by atoms with Crippen molar-refractivity contribution < 1.29 is 13.2 Å². The molecule has 2 heterocycles. The first-order chi connectivity index (χ1) is 13.9. The average Bonchev–Trinajstić information content (AvgIpc) is 3.23. The van der Waals surface area contributed by atoms with Crippen molar-refractivity contribution in [2.24, 2.45) is 0 Å². The zero-order valence-corrected chi connectivity index (χ0v) is 17.7. The highest BCUT2D eigenvalue weighted by Gasteiger charge is 2.27. The Balaban J connectivity index is 1.61. The Labute approximate surface area is 175 Å². The van der Waals surface area contributed by atoms with Crippen molar-refractivity contribution in [3.8, 4) is 0 Å². The van der Waals surface area contributed by atoms with Crippen molar-refractivity contribution in [1.29, 1.82) is 0 Å². The lowest BCUT2D eigenvalue weighted by Crippen LogP contribution is -2.33. The first kappa shape index (κ1) is 19.8. The highest BCUT2D eigenvalue weighted by atomic mass is 32.2. The number of carbonyl (C=O) groups is 1. The van der Waals surface area contributed by atoms with E-state index in [2.05, 4.69) is 22.0 Å². The standard InChI is InChI=1S/C22H22N2O3S2/c1-29(26,27)18-11-7-10-17(14-18)21(25)20-15-23-22(28-20)24-13-6-5-12-19(24)16-8-3-2-4-9-16/h2-4,7-11,14-15,19H,5-6,12-13H2,1H3. The highest BCUT2D eigenvalue weighted by molar-refractivity contribution is 7.90. The summed E-state index contributed by atoms with van der Waals surface area (Å²) in [6.45, 7) is 0.907. The van der Waals surface area contributed by atoms with Gasteiger partial charge in [0.15, 0.2) is 15.0 Å². The molecule has 0 N–H and O–H groups in total. The molecule has 1 unspecified atom stereocenters. The Bertz CT molecular complexity index is 1120. The molecule has 2 aromatic carbocycles. The maximum atomic E-state index is 12.9. The van der Waals surface area contributed by atoms with Gasteiger partial charge in [-0.15, -0.1) is 0 Å². The monoisotopic (exact) mass is 426 g/mol. The summed E-state index contributed by atoms with van der Waals surface area (Å²) in [5, 5.41) is 0.834. The molecule has 7 heteroatoms. The van der Waals surface area contributed by atoms with Crippen LogP contribution in [0.2, 0.25) is 0 Å². The first-order valence-corrected chi connectivity index (χ1v) is 12.3. The third-order valence-electron chi connectivity index (χ3n) is 5.17. The van der Waals surface area contributed by atoms with E-state index in [0.29, 0.717) is 10.4 Å². The van der Waals surface area contributed by atoms with Gasteiger partial charge in [-0.1, -0.05) is 53.8 Å². The topological polar surface area (TPSA) is 67.3 Å². The Morgan fingerprint density at radius 3 is 2.66 bits per heavy atom. The van der Waals surface area contributed by atoms with Crippen LogP contribution >= 0.6 is 11.3 Å². The molecule has 1 atom stereocenters. The molecule has 1 saturated heterocycles. The fourth-order valence-electron chi connectivity index (χ4n) is 3.70. The average molecular weight is 427 g/mol. The normalized spacial score (nSPS) is 17.3. The Morgan fingerprint density at radius 2 is 1.90 bits per heavy atom. The molecule has 1 fully saturated rings. The molecule has 0 radical (unpaired) electrons. The fraction of sp³-hybridized carbons (Fsp3) is 0.273. The van der Waals surface area contributed by atoms with Gasteiger partial charge in [-0.05, 0) is 37.0 Å². The van der Waals surface area contributed by atoms with Crippen LogP contribution in [0.1, 0.15) is 46.1 Å². The predicted octanol–water partition coefficient (Wildman–Crippen LogP) is 4.51. The fourth-order valence-corrected chi connectivity index (χ4v) is 5.32. The van der Waals surface area contributed by atoms with Crippen LogP contribution in [0.5, 0.6) is 0 Å². The number of nitrogens with zero attached hydrogens (tertiary/aromatic N) is 2. The van der Waals surface area contributed by atoms with Crippen molar-refractivity contribution >= 4 is 32.1 Å². The van der Waals surface area contributed by atoms with E-state index >= 15 is 0 Å². The summed E-state index contributed by atoms with van der Waals surface area (Å²) in [4.78, 5) is 20.4. The Morgan fingerprint density at radius 1 is 1.10 bits per heavy atom. The summed E-state index contributed by atoms with van der Waals surface area (Å²) in [6.07, 6.45) is 6.07. The summed E-state index contributed by atoms with van der Waals surface area (Å²) in [5.41, 5.74) is 1.62. The van der Waals surface area contributed by atoms with E-state index in [1.54, 1.807) is 18.3 Å². The van der Waals surface area contributed by atoms with Crippen LogP contribution in [0.15, 0.2) is 65.7 Å². The Kier molecular flexibility index (Phi) is 5.52. The van der Waals surface area contributed by atoms with E-state index in [9.17, 15) is 13.2 Å². The van der Waals surface area contributed by atoms with Gasteiger partial charge in [-0.25, -0.2) is 13.4 Å². The molecule has 4 rings (SSSR count). The summed E-state index contributed by atoms with van der Waals surface area (Å²) in [6, 6.07) is 16.8. The number of anilines is 1. The van der Waals surface area contributed by atoms with E-state index in [-0.39, 0.29) is 16.7 Å². The number of hydrogen-bond acceptors (Lipinski definition) is 6. The van der Waals surface area contributed by atoms with Crippen LogP contribution in [-0.2, 0) is 9.84 Å². The molecule has 3 aromatic rings. The zero-order chi connectivity index (χ0) is 20.4. The predicted molar refractivity (Wildman–Crippen MR) is 115 cm³/mol. The van der Waals surface area contributed by atoms with Crippen molar-refractivity contribution in [3.63, 3.8) is 0 Å². The van der Waals surface area contributed by atoms with Gasteiger partial charge in [0, 0.05) is 18.4 Å². The second kappa shape index (κ2) is 8.08. The van der Waals surface area contributed by atoms with Crippen molar-refractivity contribution in [2.75, 3.05) is 17.7 Å². The van der Waals surface area contributed by atoms with Gasteiger partial charge in [-0.3, -0.25) is 4.79 Å². The molecule has 150 valence electrons. The summed E-state index contributed by atoms with van der Waals surface area (Å²) < 4.78 is 23.6. The van der Waals surface area contributed by atoms with Gasteiger partial charge < -0.3 is 4.90 Å². The molecule has 29 heavy (non-hydrogen) atoms. The largest absolute Gasteiger partial charge is 0.341 e. The van der Waals surface area contributed by atoms with Crippen molar-refractivity contribution in [3.05, 3.63) is 76.8 Å². The van der Waals surface area contributed by atoms with Gasteiger partial charge in [0.25, 0.3) is 0 Å². The minimum Gasteiger partial charge on any atom is -0.341 e. The molecule has 1 aliphatic heterocycles. The van der Waals surface area contributed by atoms with Crippen molar-refractivity contribution in [1.82, 2.24) is 4.98 Å². The second-order valence-corrected chi connectivity index (χ2v) is 10.3. The number of hydrogen-bond donors (Lipinski definition) is 0. The molecule has 0 spiro atoms. The maximum absolute atomic E-state index is 12.9. The highest BCUT2D eigenvalue weighted by Crippen LogP contribution is 2.37. The van der Waals surface area contributed by atoms with Crippen LogP contribution in [0.4, 0.5) is 5.13 Å². The smallest absolute Gasteiger partial charge is 0.204 e. The third kappa shape index (κ3) is 4.26. The molecule has 0 bridgehead atoms. The lowest BCUT2D eigenvalue weighted by Gasteiger charge is -2.35. The molecule has 5 nitrogen and oxygen atoms in total. The quantitative estimate of drug-likeness (QED) is 0.562. The number of rotatable bonds is 5. The minimum atomic E-state index is -3.36. The van der Waals surface area contributed by atoms with Gasteiger partial charge in [0.1, 0.15) is 0 Å². The van der Waals surface area contributed by atoms with Gasteiger partial charge >= 0.3 is 0 Å². The molecule has 0 saturated carbocycles. The Hall–Kier alpha value is -2.51. The summed E-state index contributed by atoms with van der Waals surface area (Å²) in [5.74, 6) is -0.201. The van der Waals surface area contributed by atoms with Crippen LogP contribution in [-0.4, -0.2) is 32.0 Å². The first-order valence-electron chi connectivity index (χ1n) is 9.56. The van der Waals surface area contributed by atoms with Crippen LogP contribution in [0.25, 0.3) is 0 Å². The number of sulfone groups is 1. The van der Waals surface area contributed by atoms with E-state index in [4.69, 9.17) is 0 Å². The number of aromatic nitrogens is 1. The SMILES string of the molecule is CS(=O)(=O)c1cccc(C(=O)c2cnc(N3CCCCC3c3ccccc3)s2)c1. The van der Waals surface area contributed by atoms with E-state index in [0.717, 1.165) is 30.8 Å². The van der Waals surface area contributed by atoms with E-state index in [1.165, 1.54) is 35.5 Å². The van der Waals surface area contributed by atoms with Gasteiger partial charge in [0.2, 0.25) is 5.78 Å². The van der Waals surface area contributed by atoms with Crippen LogP contribution in [0, 0.1) is 0 Å². The van der Waals surface area contributed by atoms with Gasteiger partial charge in [-0.2, -0.15) is 0 Å². The lowest BCUT2D eigenvalue weighted by molar-refractivity contribution is 0.104. The second-order valence-electron chi connectivity index (χ2n) is 7.25. The number of piperidine rings is 1.